The maximum Gasteiger partial charge on any atom is 0.0931 e. The molecule has 1 rings (SSSR count). The van der Waals surface area contributed by atoms with Gasteiger partial charge in [-0.1, -0.05) is 44.2 Å². The van der Waals surface area contributed by atoms with Gasteiger partial charge in [0.25, 0.3) is 0 Å². The van der Waals surface area contributed by atoms with Crippen LogP contribution in [0.1, 0.15) is 31.4 Å². The predicted octanol–water partition coefficient (Wildman–Crippen LogP) is 3.21. The maximum atomic E-state index is 11.0. The van der Waals surface area contributed by atoms with Crippen LogP contribution >= 0.6 is 0 Å². The highest BCUT2D eigenvalue weighted by atomic mass is 16.3. The Morgan fingerprint density at radius 2 is 2.11 bits per heavy atom. The van der Waals surface area contributed by atoms with E-state index in [1.54, 1.807) is 0 Å². The van der Waals surface area contributed by atoms with Crippen molar-refractivity contribution in [3.63, 3.8) is 0 Å². The average Bonchev–Trinajstić information content (AvgIpc) is 2.37. The van der Waals surface area contributed by atoms with Crippen LogP contribution in [-0.4, -0.2) is 30.6 Å². The van der Waals surface area contributed by atoms with Crippen LogP contribution in [0.25, 0.3) is 0 Å². The van der Waals surface area contributed by atoms with E-state index in [0.717, 1.165) is 24.9 Å². The fourth-order valence-electron chi connectivity index (χ4n) is 2.67. The van der Waals surface area contributed by atoms with Gasteiger partial charge in [0.15, 0.2) is 0 Å². The molecule has 0 heterocycles. The van der Waals surface area contributed by atoms with E-state index in [-0.39, 0.29) is 5.92 Å². The number of rotatable bonds is 7. The van der Waals surface area contributed by atoms with Gasteiger partial charge in [-0.2, -0.15) is 0 Å². The lowest BCUT2D eigenvalue weighted by Crippen LogP contribution is -2.38. The molecule has 1 aromatic rings. The summed E-state index contributed by atoms with van der Waals surface area (Å²) >= 11 is 0. The minimum Gasteiger partial charge on any atom is -0.385 e. The first-order chi connectivity index (χ1) is 8.93. The van der Waals surface area contributed by atoms with Crippen molar-refractivity contribution in [2.24, 2.45) is 5.92 Å². The van der Waals surface area contributed by atoms with Crippen molar-refractivity contribution >= 4 is 0 Å². The first-order valence-electron chi connectivity index (χ1n) is 7.01. The van der Waals surface area contributed by atoms with Crippen LogP contribution in [-0.2, 0) is 12.0 Å². The Balaban J connectivity index is 3.06. The molecule has 0 saturated heterocycles. The Kier molecular flexibility index (Phi) is 5.77. The molecule has 0 aliphatic carbocycles. The molecule has 19 heavy (non-hydrogen) atoms. The van der Waals surface area contributed by atoms with Crippen molar-refractivity contribution < 1.29 is 5.11 Å². The molecule has 0 aromatic heterocycles. The Labute approximate surface area is 117 Å². The van der Waals surface area contributed by atoms with Crippen molar-refractivity contribution in [3.05, 3.63) is 48.0 Å². The molecule has 1 N–H and O–H groups in total. The first kappa shape index (κ1) is 15.9. The summed E-state index contributed by atoms with van der Waals surface area (Å²) in [5, 5.41) is 11.0. The number of hydrogen-bond acceptors (Lipinski definition) is 2. The van der Waals surface area contributed by atoms with Crippen molar-refractivity contribution in [3.8, 4) is 0 Å². The van der Waals surface area contributed by atoms with Gasteiger partial charge in [-0.3, -0.25) is 0 Å². The summed E-state index contributed by atoms with van der Waals surface area (Å²) in [5.41, 5.74) is 1.46. The van der Waals surface area contributed by atoms with E-state index in [2.05, 4.69) is 30.5 Å². The Morgan fingerprint density at radius 1 is 1.42 bits per heavy atom. The van der Waals surface area contributed by atoms with E-state index < -0.39 is 5.60 Å². The summed E-state index contributed by atoms with van der Waals surface area (Å²) in [4.78, 5) is 2.12. The molecule has 0 bridgehead atoms. The van der Waals surface area contributed by atoms with Gasteiger partial charge in [-0.05, 0) is 38.1 Å². The van der Waals surface area contributed by atoms with Crippen molar-refractivity contribution in [2.75, 3.05) is 20.6 Å². The first-order valence-corrected chi connectivity index (χ1v) is 7.01. The van der Waals surface area contributed by atoms with E-state index in [1.807, 2.05) is 39.2 Å². The fourth-order valence-corrected chi connectivity index (χ4v) is 2.67. The normalized spacial score (nSPS) is 16.1. The lowest BCUT2D eigenvalue weighted by molar-refractivity contribution is -0.0292. The van der Waals surface area contributed by atoms with Gasteiger partial charge in [-0.15, -0.1) is 6.58 Å². The smallest absolute Gasteiger partial charge is 0.0931 e. The van der Waals surface area contributed by atoms with E-state index in [0.29, 0.717) is 0 Å². The van der Waals surface area contributed by atoms with E-state index >= 15 is 0 Å². The zero-order chi connectivity index (χ0) is 14.5. The molecule has 1 aromatic carbocycles. The number of benzene rings is 1. The molecular weight excluding hydrogens is 234 g/mol. The van der Waals surface area contributed by atoms with Crippen molar-refractivity contribution in [1.82, 2.24) is 4.90 Å². The summed E-state index contributed by atoms with van der Waals surface area (Å²) in [5.74, 6) is 0.187. The van der Waals surface area contributed by atoms with Crippen LogP contribution in [0.2, 0.25) is 0 Å². The van der Waals surface area contributed by atoms with E-state index in [4.69, 9.17) is 0 Å². The molecule has 2 heteroatoms. The summed E-state index contributed by atoms with van der Waals surface area (Å²) in [6.07, 6.45) is 3.46. The summed E-state index contributed by atoms with van der Waals surface area (Å²) in [6, 6.07) is 8.24. The average molecular weight is 261 g/mol. The summed E-state index contributed by atoms with van der Waals surface area (Å²) in [6.45, 7) is 8.81. The SMILES string of the molecule is C=CCc1cccc(C(O)(CC)C(C)CN(C)C)c1. The minimum absolute atomic E-state index is 0.187. The molecule has 106 valence electrons. The van der Waals surface area contributed by atoms with Crippen LogP contribution < -0.4 is 0 Å². The van der Waals surface area contributed by atoms with Crippen LogP contribution in [0.15, 0.2) is 36.9 Å². The topological polar surface area (TPSA) is 23.5 Å². The quantitative estimate of drug-likeness (QED) is 0.762. The molecule has 2 unspecified atom stereocenters. The minimum atomic E-state index is -0.762. The molecule has 0 aliphatic heterocycles. The summed E-state index contributed by atoms with van der Waals surface area (Å²) in [7, 11) is 4.08. The number of nitrogens with zero attached hydrogens (tertiary/aromatic N) is 1. The lowest BCUT2D eigenvalue weighted by atomic mass is 9.79. The fraction of sp³-hybridized carbons (Fsp3) is 0.529. The number of hydrogen-bond donors (Lipinski definition) is 1. The van der Waals surface area contributed by atoms with Gasteiger partial charge in [-0.25, -0.2) is 0 Å². The second kappa shape index (κ2) is 6.88. The Bertz CT molecular complexity index is 413. The largest absolute Gasteiger partial charge is 0.385 e. The molecule has 0 fully saturated rings. The number of allylic oxidation sites excluding steroid dienone is 1. The molecule has 0 aliphatic rings. The summed E-state index contributed by atoms with van der Waals surface area (Å²) < 4.78 is 0. The van der Waals surface area contributed by atoms with Gasteiger partial charge in [0.05, 0.1) is 5.60 Å². The third-order valence-electron chi connectivity index (χ3n) is 3.80. The van der Waals surface area contributed by atoms with Crippen LogP contribution in [0, 0.1) is 5.92 Å². The zero-order valence-electron chi connectivity index (χ0n) is 12.7. The van der Waals surface area contributed by atoms with Gasteiger partial charge in [0.1, 0.15) is 0 Å². The van der Waals surface area contributed by atoms with Gasteiger partial charge in [0.2, 0.25) is 0 Å². The van der Waals surface area contributed by atoms with Crippen LogP contribution in [0.4, 0.5) is 0 Å². The number of aliphatic hydroxyl groups is 1. The van der Waals surface area contributed by atoms with Crippen LogP contribution in [0.5, 0.6) is 0 Å². The second-order valence-corrected chi connectivity index (χ2v) is 5.63. The second-order valence-electron chi connectivity index (χ2n) is 5.63. The van der Waals surface area contributed by atoms with Crippen molar-refractivity contribution in [2.45, 2.75) is 32.3 Å². The third-order valence-corrected chi connectivity index (χ3v) is 3.80. The van der Waals surface area contributed by atoms with E-state index in [9.17, 15) is 5.11 Å². The zero-order valence-corrected chi connectivity index (χ0v) is 12.7. The van der Waals surface area contributed by atoms with E-state index in [1.165, 1.54) is 5.56 Å². The highest BCUT2D eigenvalue weighted by molar-refractivity contribution is 5.30. The third kappa shape index (κ3) is 3.92. The molecule has 2 nitrogen and oxygen atoms in total. The highest BCUT2D eigenvalue weighted by Gasteiger charge is 2.34. The Hall–Kier alpha value is -1.12. The van der Waals surface area contributed by atoms with Gasteiger partial charge < -0.3 is 10.0 Å². The molecule has 0 spiro atoms. The maximum absolute atomic E-state index is 11.0. The molecule has 0 saturated carbocycles. The van der Waals surface area contributed by atoms with Gasteiger partial charge >= 0.3 is 0 Å². The highest BCUT2D eigenvalue weighted by Crippen LogP contribution is 2.33. The van der Waals surface area contributed by atoms with Crippen LogP contribution in [0.3, 0.4) is 0 Å². The Morgan fingerprint density at radius 3 is 2.63 bits per heavy atom. The lowest BCUT2D eigenvalue weighted by Gasteiger charge is -2.35. The molecule has 0 radical (unpaired) electrons. The molecule has 0 amide bonds. The molecular formula is C17H27NO. The predicted molar refractivity (Wildman–Crippen MR) is 82.2 cm³/mol. The van der Waals surface area contributed by atoms with Gasteiger partial charge in [0, 0.05) is 12.5 Å². The standard InChI is InChI=1S/C17H27NO/c1-6-9-15-10-8-11-16(12-15)17(19,7-2)14(3)13-18(4)5/h6,8,10-12,14,19H,1,7,9,13H2,2-5H3. The monoisotopic (exact) mass is 261 g/mol. The molecule has 2 atom stereocenters. The van der Waals surface area contributed by atoms with Crippen molar-refractivity contribution in [1.29, 1.82) is 0 Å².